The fraction of sp³-hybridized carbons (Fsp3) is 0.857. The van der Waals surface area contributed by atoms with E-state index in [-0.39, 0.29) is 25.7 Å². The summed E-state index contributed by atoms with van der Waals surface area (Å²) in [7, 11) is 0. The third kappa shape index (κ3) is 5.19. The minimum atomic E-state index is -1.30. The summed E-state index contributed by atoms with van der Waals surface area (Å²) in [5, 5.41) is 0. The van der Waals surface area contributed by atoms with Crippen molar-refractivity contribution in [3.05, 3.63) is 0 Å². The minimum absolute atomic E-state index is 0.163. The van der Waals surface area contributed by atoms with Crippen LogP contribution in [0.25, 0.3) is 0 Å². The Bertz CT molecular complexity index is 270. The molecule has 5 nitrogen and oxygen atoms in total. The van der Waals surface area contributed by atoms with Gasteiger partial charge in [-0.1, -0.05) is 6.92 Å². The number of carbonyl (C=O) groups is 2. The van der Waals surface area contributed by atoms with Gasteiger partial charge in [-0.05, 0) is 34.1 Å². The fourth-order valence-corrected chi connectivity index (χ4v) is 1.84. The Labute approximate surface area is 115 Å². The highest BCUT2D eigenvalue weighted by Crippen LogP contribution is 2.29. The van der Waals surface area contributed by atoms with Crippen LogP contribution in [-0.2, 0) is 23.8 Å². The lowest BCUT2D eigenvalue weighted by Crippen LogP contribution is -2.42. The van der Waals surface area contributed by atoms with Gasteiger partial charge in [-0.15, -0.1) is 0 Å². The summed E-state index contributed by atoms with van der Waals surface area (Å²) in [6, 6.07) is 0. The second kappa shape index (κ2) is 8.91. The van der Waals surface area contributed by atoms with Crippen LogP contribution < -0.4 is 0 Å². The van der Waals surface area contributed by atoms with E-state index in [9.17, 15) is 9.59 Å². The summed E-state index contributed by atoms with van der Waals surface area (Å²) in [6.07, 6.45) is 0.834. The maximum atomic E-state index is 12.1. The van der Waals surface area contributed by atoms with Crippen molar-refractivity contribution in [3.63, 3.8) is 0 Å². The van der Waals surface area contributed by atoms with E-state index in [1.165, 1.54) is 0 Å². The summed E-state index contributed by atoms with van der Waals surface area (Å²) in [5.74, 6) is -1.10. The topological polar surface area (TPSA) is 61.8 Å². The highest BCUT2D eigenvalue weighted by atomic mass is 16.6. The molecule has 19 heavy (non-hydrogen) atoms. The highest BCUT2D eigenvalue weighted by molar-refractivity contribution is 5.99. The second-order valence-electron chi connectivity index (χ2n) is 4.46. The van der Waals surface area contributed by atoms with Crippen LogP contribution in [0.15, 0.2) is 0 Å². The standard InChI is InChI=1S/C14H26O5/c1-6-11(17-7-2)10-14(5,12(15)18-8-3)13(16)19-9-4/h11H,6-10H2,1-5H3. The van der Waals surface area contributed by atoms with Gasteiger partial charge in [-0.2, -0.15) is 0 Å². The number of hydrogen-bond acceptors (Lipinski definition) is 5. The third-order valence-electron chi connectivity index (χ3n) is 2.95. The van der Waals surface area contributed by atoms with Gasteiger partial charge in [0.25, 0.3) is 0 Å². The third-order valence-corrected chi connectivity index (χ3v) is 2.95. The Morgan fingerprint density at radius 3 is 1.74 bits per heavy atom. The average molecular weight is 274 g/mol. The lowest BCUT2D eigenvalue weighted by molar-refractivity contribution is -0.173. The highest BCUT2D eigenvalue weighted by Gasteiger charge is 2.45. The molecule has 0 saturated heterocycles. The predicted molar refractivity (Wildman–Crippen MR) is 71.7 cm³/mol. The van der Waals surface area contributed by atoms with Crippen LogP contribution in [0.1, 0.15) is 47.5 Å². The molecule has 0 heterocycles. The molecule has 0 radical (unpaired) electrons. The quantitative estimate of drug-likeness (QED) is 0.477. The van der Waals surface area contributed by atoms with Gasteiger partial charge in [-0.25, -0.2) is 0 Å². The predicted octanol–water partition coefficient (Wildman–Crippen LogP) is 2.32. The smallest absolute Gasteiger partial charge is 0.323 e. The first-order valence-electron chi connectivity index (χ1n) is 6.92. The molecule has 0 aliphatic heterocycles. The summed E-state index contributed by atoms with van der Waals surface area (Å²) in [6.45, 7) is 9.84. The van der Waals surface area contributed by atoms with E-state index in [2.05, 4.69) is 0 Å². The zero-order valence-electron chi connectivity index (χ0n) is 12.7. The van der Waals surface area contributed by atoms with Crippen molar-refractivity contribution in [2.24, 2.45) is 5.41 Å². The van der Waals surface area contributed by atoms with E-state index >= 15 is 0 Å². The number of rotatable bonds is 9. The molecule has 1 atom stereocenters. The van der Waals surface area contributed by atoms with Gasteiger partial charge >= 0.3 is 11.9 Å². The summed E-state index contributed by atoms with van der Waals surface area (Å²) in [5.41, 5.74) is -1.30. The van der Waals surface area contributed by atoms with E-state index in [0.717, 1.165) is 6.42 Å². The molecule has 0 aromatic heterocycles. The van der Waals surface area contributed by atoms with E-state index in [1.807, 2.05) is 13.8 Å². The van der Waals surface area contributed by atoms with Crippen molar-refractivity contribution in [2.45, 2.75) is 53.6 Å². The molecular formula is C14H26O5. The molecular weight excluding hydrogens is 248 g/mol. The monoisotopic (exact) mass is 274 g/mol. The van der Waals surface area contributed by atoms with Crippen LogP contribution in [0.3, 0.4) is 0 Å². The molecule has 112 valence electrons. The fourth-order valence-electron chi connectivity index (χ4n) is 1.84. The van der Waals surface area contributed by atoms with E-state index in [4.69, 9.17) is 14.2 Å². The van der Waals surface area contributed by atoms with Crippen LogP contribution in [0.2, 0.25) is 0 Å². The molecule has 0 amide bonds. The Hall–Kier alpha value is -1.10. The number of esters is 2. The molecule has 0 aliphatic carbocycles. The van der Waals surface area contributed by atoms with Crippen molar-refractivity contribution < 1.29 is 23.8 Å². The molecule has 0 saturated carbocycles. The van der Waals surface area contributed by atoms with Crippen molar-refractivity contribution >= 4 is 11.9 Å². The second-order valence-corrected chi connectivity index (χ2v) is 4.46. The zero-order valence-corrected chi connectivity index (χ0v) is 12.7. The first kappa shape index (κ1) is 17.9. The van der Waals surface area contributed by atoms with Gasteiger partial charge in [0, 0.05) is 13.0 Å². The normalized spacial score (nSPS) is 12.9. The first-order valence-corrected chi connectivity index (χ1v) is 6.92. The van der Waals surface area contributed by atoms with Crippen molar-refractivity contribution in [1.82, 2.24) is 0 Å². The molecule has 0 aliphatic rings. The van der Waals surface area contributed by atoms with Gasteiger partial charge in [0.2, 0.25) is 0 Å². The Balaban J connectivity index is 5.03. The zero-order chi connectivity index (χ0) is 14.9. The van der Waals surface area contributed by atoms with Crippen LogP contribution >= 0.6 is 0 Å². The Kier molecular flexibility index (Phi) is 8.39. The largest absolute Gasteiger partial charge is 0.465 e. The summed E-state index contributed by atoms with van der Waals surface area (Å²) in [4.78, 5) is 24.1. The maximum absolute atomic E-state index is 12.1. The van der Waals surface area contributed by atoms with Gasteiger partial charge in [-0.3, -0.25) is 9.59 Å². The van der Waals surface area contributed by atoms with Crippen LogP contribution in [0, 0.1) is 5.41 Å². The molecule has 0 fully saturated rings. The van der Waals surface area contributed by atoms with Crippen LogP contribution in [0.4, 0.5) is 0 Å². The Morgan fingerprint density at radius 2 is 1.42 bits per heavy atom. The van der Waals surface area contributed by atoms with Crippen LogP contribution in [0.5, 0.6) is 0 Å². The van der Waals surface area contributed by atoms with Crippen molar-refractivity contribution in [1.29, 1.82) is 0 Å². The summed E-state index contributed by atoms with van der Waals surface area (Å²) >= 11 is 0. The molecule has 0 spiro atoms. The molecule has 5 heteroatoms. The molecule has 0 bridgehead atoms. The van der Waals surface area contributed by atoms with Gasteiger partial charge in [0.05, 0.1) is 19.3 Å². The van der Waals surface area contributed by atoms with E-state index in [1.54, 1.807) is 20.8 Å². The number of ether oxygens (including phenoxy) is 3. The molecule has 0 aromatic rings. The van der Waals surface area contributed by atoms with Crippen molar-refractivity contribution in [3.8, 4) is 0 Å². The lowest BCUT2D eigenvalue weighted by Gasteiger charge is -2.28. The minimum Gasteiger partial charge on any atom is -0.465 e. The molecule has 1 unspecified atom stereocenters. The van der Waals surface area contributed by atoms with E-state index in [0.29, 0.717) is 6.61 Å². The molecule has 0 aromatic carbocycles. The van der Waals surface area contributed by atoms with Gasteiger partial charge < -0.3 is 14.2 Å². The maximum Gasteiger partial charge on any atom is 0.323 e. The lowest BCUT2D eigenvalue weighted by atomic mass is 9.83. The molecule has 0 N–H and O–H groups in total. The van der Waals surface area contributed by atoms with E-state index < -0.39 is 17.4 Å². The van der Waals surface area contributed by atoms with Crippen molar-refractivity contribution in [2.75, 3.05) is 19.8 Å². The molecule has 0 rings (SSSR count). The summed E-state index contributed by atoms with van der Waals surface area (Å²) < 4.78 is 15.5. The number of carbonyl (C=O) groups excluding carboxylic acids is 2. The SMILES string of the molecule is CCOC(=O)C(C)(CC(CC)OCC)C(=O)OCC. The first-order chi connectivity index (χ1) is 8.96. The van der Waals surface area contributed by atoms with Gasteiger partial charge in [0.1, 0.15) is 0 Å². The average Bonchev–Trinajstić information content (AvgIpc) is 2.38. The Morgan fingerprint density at radius 1 is 0.947 bits per heavy atom. The van der Waals surface area contributed by atoms with Gasteiger partial charge in [0.15, 0.2) is 5.41 Å². The van der Waals surface area contributed by atoms with Crippen LogP contribution in [-0.4, -0.2) is 37.9 Å². The number of hydrogen-bond donors (Lipinski definition) is 0.